The van der Waals surface area contributed by atoms with Crippen molar-refractivity contribution in [2.24, 2.45) is 0 Å². The molecule has 424 valence electrons. The van der Waals surface area contributed by atoms with E-state index in [1.54, 1.807) is 13.8 Å². The van der Waals surface area contributed by atoms with Crippen LogP contribution in [0.25, 0.3) is 101 Å². The summed E-state index contributed by atoms with van der Waals surface area (Å²) >= 11 is 0. The largest absolute Gasteiger partial charge is 2.00 e. The van der Waals surface area contributed by atoms with Crippen LogP contribution in [0.3, 0.4) is 0 Å². The Kier molecular flexibility index (Phi) is 15.8. The van der Waals surface area contributed by atoms with Crippen LogP contribution in [0, 0.1) is 12.1 Å². The molecule has 0 aliphatic carbocycles. The van der Waals surface area contributed by atoms with Crippen molar-refractivity contribution in [3.63, 3.8) is 0 Å². The van der Waals surface area contributed by atoms with E-state index in [1.807, 2.05) is 48.5 Å². The van der Waals surface area contributed by atoms with E-state index in [4.69, 9.17) is 24.1 Å². The third kappa shape index (κ3) is 10.9. The second-order valence-electron chi connectivity index (χ2n) is 24.1. The van der Waals surface area contributed by atoms with Crippen molar-refractivity contribution in [3.8, 4) is 79.0 Å². The van der Waals surface area contributed by atoms with Crippen LogP contribution in [0.2, 0.25) is 0 Å². The zero-order chi connectivity index (χ0) is 58.0. The number of aromatic nitrogens is 5. The number of rotatable bonds is 15. The second-order valence-corrected chi connectivity index (χ2v) is 24.1. The topological polar surface area (TPSA) is 70.9 Å². The van der Waals surface area contributed by atoms with Gasteiger partial charge in [-0.1, -0.05) is 191 Å². The first kappa shape index (κ1) is 57.6. The fourth-order valence-corrected chi connectivity index (χ4v) is 11.5. The van der Waals surface area contributed by atoms with Crippen LogP contribution < -0.4 is 4.74 Å². The van der Waals surface area contributed by atoms with Crippen molar-refractivity contribution in [1.29, 1.82) is 0 Å². The Morgan fingerprint density at radius 3 is 1.46 bits per heavy atom. The predicted octanol–water partition coefficient (Wildman–Crippen LogP) is 21.1. The molecule has 3 heterocycles. The molecular weight excluding hydrogens is 1220 g/mol. The van der Waals surface area contributed by atoms with E-state index in [1.165, 1.54) is 33.4 Å². The number of nitrogens with zero attached hydrogens (tertiary/aromatic N) is 5. The summed E-state index contributed by atoms with van der Waals surface area (Å²) in [5, 5.41) is 0. The van der Waals surface area contributed by atoms with E-state index in [2.05, 4.69) is 218 Å². The third-order valence-corrected chi connectivity index (χ3v) is 16.0. The zero-order valence-corrected chi connectivity index (χ0v) is 52.1. The Morgan fingerprint density at radius 1 is 0.452 bits per heavy atom. The van der Waals surface area contributed by atoms with Crippen molar-refractivity contribution in [2.45, 2.75) is 118 Å². The number of hydrogen-bond acceptors (Lipinski definition) is 5. The van der Waals surface area contributed by atoms with E-state index in [0.29, 0.717) is 51.0 Å². The minimum absolute atomic E-state index is 0. The molecule has 84 heavy (non-hydrogen) atoms. The van der Waals surface area contributed by atoms with Gasteiger partial charge in [-0.3, -0.25) is 15.0 Å². The molecule has 0 spiro atoms. The van der Waals surface area contributed by atoms with Gasteiger partial charge < -0.3 is 18.3 Å². The molecule has 0 radical (unpaired) electrons. The van der Waals surface area contributed by atoms with Gasteiger partial charge in [0.05, 0.1) is 50.6 Å². The third-order valence-electron chi connectivity index (χ3n) is 16.0. The van der Waals surface area contributed by atoms with Crippen LogP contribution in [-0.2, 0) is 26.7 Å². The fraction of sp³-hybridized carbons (Fsp3) is 0.240. The smallest absolute Gasteiger partial charge is 0.494 e. The zero-order valence-electron chi connectivity index (χ0n) is 49.9. The average Bonchev–Trinajstić information content (AvgIpc) is 1.67. The first-order valence-electron chi connectivity index (χ1n) is 29.2. The minimum atomic E-state index is -1.60. The quantitative estimate of drug-likeness (QED) is 0.0957. The van der Waals surface area contributed by atoms with Gasteiger partial charge in [-0.15, -0.1) is 29.3 Å². The molecule has 0 aliphatic rings. The van der Waals surface area contributed by atoms with Crippen LogP contribution >= 0.6 is 0 Å². The number of fused-ring (bicyclic) bond motifs is 3. The van der Waals surface area contributed by atoms with Crippen molar-refractivity contribution in [2.75, 3.05) is 0 Å². The van der Waals surface area contributed by atoms with E-state index < -0.39 is 5.67 Å². The minimum Gasteiger partial charge on any atom is -0.494 e. The summed E-state index contributed by atoms with van der Waals surface area (Å²) in [7, 11) is 0. The Hall–Kier alpha value is -8.19. The standard InChI is InChI=1S/C75H70FN5O2.Pt/c1-44(2)59-37-54(50-24-17-14-18-25-50)38-60(45(3)4)70(59)80-65-29-20-19-28-63(65)77-72(80)53-26-21-27-58(36-53)82-67-41-56(42-68-69(67)79-74(83-68)48(9)10)73-78-64-43-57(75(11,12)76)34-35-66(64)81(73)71-61(46(5)6)39-55(40-62(71)47(7)8)52-32-30-51(31-33-52)49-22-15-13-16-23-49;/h13-35,37-40,42-48H,1-12H3;/q-2;+2. The van der Waals surface area contributed by atoms with Gasteiger partial charge in [0, 0.05) is 23.0 Å². The van der Waals surface area contributed by atoms with Gasteiger partial charge in [0.1, 0.15) is 5.67 Å². The first-order chi connectivity index (χ1) is 39.9. The summed E-state index contributed by atoms with van der Waals surface area (Å²) < 4.78 is 34.2. The Morgan fingerprint density at radius 2 is 0.929 bits per heavy atom. The Bertz CT molecular complexity index is 4310. The van der Waals surface area contributed by atoms with Gasteiger partial charge in [-0.25, -0.2) is 4.39 Å². The summed E-state index contributed by atoms with van der Waals surface area (Å²) in [6.07, 6.45) is 0. The summed E-state index contributed by atoms with van der Waals surface area (Å²) in [6.45, 7) is 25.3. The monoisotopic (exact) mass is 1290 g/mol. The normalized spacial score (nSPS) is 12.1. The summed E-state index contributed by atoms with van der Waals surface area (Å²) in [5.74, 6) is 3.34. The average molecular weight is 1290 g/mol. The molecule has 0 atom stereocenters. The van der Waals surface area contributed by atoms with Gasteiger partial charge in [0.2, 0.25) is 0 Å². The fourth-order valence-electron chi connectivity index (χ4n) is 11.5. The van der Waals surface area contributed by atoms with Gasteiger partial charge >= 0.3 is 21.1 Å². The van der Waals surface area contributed by atoms with Crippen LogP contribution in [0.4, 0.5) is 4.39 Å². The maximum Gasteiger partial charge on any atom is 2.00 e. The summed E-state index contributed by atoms with van der Waals surface area (Å²) in [6, 6.07) is 68.7. The SMILES string of the molecule is CC(C)c1nc2c(Oc3[c-]c(-c4nc5ccccc5n4-c4c(C(C)C)cc(-c5ccccc5)cc4C(C)C)ccc3)[c-]c(-c3nc4cc(C(C)(C)F)ccc4n3-c3c(C(C)C)cc(-c4ccc(-c5ccccc5)cc4)cc3C(C)C)cc2o1.[Pt+2]. The van der Waals surface area contributed by atoms with Crippen molar-refractivity contribution < 1.29 is 34.6 Å². The van der Waals surface area contributed by atoms with Crippen LogP contribution in [0.1, 0.15) is 146 Å². The second kappa shape index (κ2) is 23.1. The maximum absolute atomic E-state index is 16.0. The van der Waals surface area contributed by atoms with Crippen molar-refractivity contribution in [1.82, 2.24) is 24.1 Å². The molecule has 0 aliphatic heterocycles. The predicted molar refractivity (Wildman–Crippen MR) is 339 cm³/mol. The maximum atomic E-state index is 16.0. The van der Waals surface area contributed by atoms with Gasteiger partial charge in [0.15, 0.2) is 5.89 Å². The number of benzene rings is 9. The molecule has 0 saturated heterocycles. The number of hydrogen-bond donors (Lipinski definition) is 0. The Labute approximate surface area is 507 Å². The first-order valence-corrected chi connectivity index (χ1v) is 29.2. The molecule has 3 aromatic heterocycles. The van der Waals surface area contributed by atoms with Crippen LogP contribution in [-0.4, -0.2) is 24.1 Å². The number of alkyl halides is 1. The van der Waals surface area contributed by atoms with Crippen molar-refractivity contribution in [3.05, 3.63) is 222 Å². The molecule has 0 bridgehead atoms. The molecule has 12 rings (SSSR count). The number of para-hydroxylation sites is 2. The van der Waals surface area contributed by atoms with Gasteiger partial charge in [-0.2, -0.15) is 0 Å². The van der Waals surface area contributed by atoms with E-state index in [-0.39, 0.29) is 50.7 Å². The van der Waals surface area contributed by atoms with E-state index in [9.17, 15) is 0 Å². The summed E-state index contributed by atoms with van der Waals surface area (Å²) in [4.78, 5) is 15.9. The number of oxazole rings is 1. The molecule has 0 amide bonds. The summed E-state index contributed by atoms with van der Waals surface area (Å²) in [5.41, 5.74) is 18.7. The molecule has 0 N–H and O–H groups in total. The van der Waals surface area contributed by atoms with E-state index >= 15 is 4.39 Å². The molecule has 0 saturated carbocycles. The Balaban J connectivity index is 0.00000736. The van der Waals surface area contributed by atoms with E-state index in [0.717, 1.165) is 61.6 Å². The van der Waals surface area contributed by atoms with Crippen molar-refractivity contribution >= 4 is 33.2 Å². The molecular formula is C75H70FN5O2Pt. The molecule has 0 unspecified atom stereocenters. The van der Waals surface area contributed by atoms with Crippen LogP contribution in [0.5, 0.6) is 11.5 Å². The van der Waals surface area contributed by atoms with Crippen LogP contribution in [0.15, 0.2) is 180 Å². The van der Waals surface area contributed by atoms with Gasteiger partial charge in [0.25, 0.3) is 0 Å². The number of halogens is 1. The molecule has 9 heteroatoms. The molecule has 7 nitrogen and oxygen atoms in total. The number of ether oxygens (including phenoxy) is 1. The number of imidazole rings is 2. The molecule has 9 aromatic carbocycles. The molecule has 12 aromatic rings. The molecule has 0 fully saturated rings. The van der Waals surface area contributed by atoms with Gasteiger partial charge in [-0.05, 0) is 147 Å².